The molecule has 0 aromatic carbocycles. The molecular formula is C17H28N6O2. The second kappa shape index (κ2) is 8.44. The van der Waals surface area contributed by atoms with Crippen molar-refractivity contribution < 1.29 is 9.53 Å². The van der Waals surface area contributed by atoms with Crippen LogP contribution in [0.2, 0.25) is 0 Å². The fourth-order valence-electron chi connectivity index (χ4n) is 3.51. The molecule has 2 aliphatic heterocycles. The van der Waals surface area contributed by atoms with Gasteiger partial charge in [-0.25, -0.2) is 9.97 Å². The van der Waals surface area contributed by atoms with Crippen molar-refractivity contribution in [1.29, 1.82) is 0 Å². The summed E-state index contributed by atoms with van der Waals surface area (Å²) in [7, 11) is 3.62. The van der Waals surface area contributed by atoms with Crippen molar-refractivity contribution in [2.45, 2.75) is 31.8 Å². The molecule has 1 atom stereocenters. The highest BCUT2D eigenvalue weighted by Crippen LogP contribution is 2.29. The Kier molecular flexibility index (Phi) is 6.04. The third kappa shape index (κ3) is 4.19. The van der Waals surface area contributed by atoms with E-state index in [0.29, 0.717) is 19.7 Å². The van der Waals surface area contributed by atoms with E-state index >= 15 is 0 Å². The summed E-state index contributed by atoms with van der Waals surface area (Å²) >= 11 is 0. The molecule has 0 spiro atoms. The van der Waals surface area contributed by atoms with E-state index in [2.05, 4.69) is 20.6 Å². The molecule has 0 radical (unpaired) electrons. The van der Waals surface area contributed by atoms with E-state index in [0.717, 1.165) is 56.1 Å². The van der Waals surface area contributed by atoms with Gasteiger partial charge in [-0.15, -0.1) is 0 Å². The van der Waals surface area contributed by atoms with Crippen molar-refractivity contribution in [1.82, 2.24) is 20.2 Å². The van der Waals surface area contributed by atoms with E-state index < -0.39 is 0 Å². The molecule has 1 fully saturated rings. The number of amides is 1. The fourth-order valence-corrected chi connectivity index (χ4v) is 3.51. The lowest BCUT2D eigenvalue weighted by Crippen LogP contribution is -2.49. The number of fused-ring (bicyclic) bond motifs is 1. The van der Waals surface area contributed by atoms with Crippen LogP contribution < -0.4 is 15.5 Å². The summed E-state index contributed by atoms with van der Waals surface area (Å²) in [5, 5.41) is 6.79. The van der Waals surface area contributed by atoms with Crippen molar-refractivity contribution in [3.05, 3.63) is 11.9 Å². The van der Waals surface area contributed by atoms with Gasteiger partial charge in [0.05, 0.1) is 18.7 Å². The van der Waals surface area contributed by atoms with Crippen LogP contribution in [-0.2, 0) is 16.1 Å². The number of methoxy groups -OCH3 is 1. The smallest absolute Gasteiger partial charge is 0.242 e. The van der Waals surface area contributed by atoms with Gasteiger partial charge >= 0.3 is 0 Å². The maximum Gasteiger partial charge on any atom is 0.242 e. The Hall–Kier alpha value is -1.93. The van der Waals surface area contributed by atoms with Gasteiger partial charge in [-0.2, -0.15) is 0 Å². The van der Waals surface area contributed by atoms with E-state index in [-0.39, 0.29) is 11.9 Å². The van der Waals surface area contributed by atoms with Gasteiger partial charge in [0, 0.05) is 39.9 Å². The lowest BCUT2D eigenvalue weighted by atomic mass is 10.0. The van der Waals surface area contributed by atoms with Crippen LogP contribution in [0.5, 0.6) is 0 Å². The minimum absolute atomic E-state index is 0.152. The van der Waals surface area contributed by atoms with Gasteiger partial charge in [0.25, 0.3) is 0 Å². The predicted octanol–water partition coefficient (Wildman–Crippen LogP) is 0.455. The van der Waals surface area contributed by atoms with Crippen LogP contribution >= 0.6 is 0 Å². The third-order valence-corrected chi connectivity index (χ3v) is 4.83. The largest absolute Gasteiger partial charge is 0.385 e. The van der Waals surface area contributed by atoms with Crippen LogP contribution in [0, 0.1) is 0 Å². The van der Waals surface area contributed by atoms with Gasteiger partial charge < -0.3 is 25.2 Å². The topological polar surface area (TPSA) is 82.6 Å². The summed E-state index contributed by atoms with van der Waals surface area (Å²) in [6.07, 6.45) is 4.61. The Morgan fingerprint density at radius 3 is 3.04 bits per heavy atom. The first-order valence-electron chi connectivity index (χ1n) is 8.98. The number of rotatable bonds is 6. The number of hydrogen-bond donors (Lipinski definition) is 2. The number of hydrogen-bond acceptors (Lipinski definition) is 7. The van der Waals surface area contributed by atoms with Crippen LogP contribution in [0.4, 0.5) is 11.6 Å². The quantitative estimate of drug-likeness (QED) is 0.723. The van der Waals surface area contributed by atoms with E-state index in [1.165, 1.54) is 0 Å². The molecule has 2 aliphatic rings. The lowest BCUT2D eigenvalue weighted by molar-refractivity contribution is -0.132. The zero-order chi connectivity index (χ0) is 17.6. The molecule has 3 heterocycles. The summed E-state index contributed by atoms with van der Waals surface area (Å²) < 4.78 is 5.10. The zero-order valence-corrected chi connectivity index (χ0v) is 15.1. The molecule has 0 bridgehead atoms. The average Bonchev–Trinajstić information content (AvgIpc) is 2.76. The monoisotopic (exact) mass is 348 g/mol. The van der Waals surface area contributed by atoms with Crippen molar-refractivity contribution >= 4 is 17.5 Å². The second-order valence-electron chi connectivity index (χ2n) is 6.68. The molecule has 1 unspecified atom stereocenters. The van der Waals surface area contributed by atoms with Crippen LogP contribution in [-0.4, -0.2) is 73.8 Å². The van der Waals surface area contributed by atoms with Gasteiger partial charge in [-0.05, 0) is 25.8 Å². The van der Waals surface area contributed by atoms with E-state index in [9.17, 15) is 4.79 Å². The standard InChI is InChI=1S/C17H28N6O2/c1-22-11-15(24)23(13-5-3-6-18-9-13)10-14-16(19-7-4-8-25-2)20-12-21-17(14)22/h12-13,18H,3-11H2,1-2H3,(H,19,20,21). The highest BCUT2D eigenvalue weighted by Gasteiger charge is 2.32. The highest BCUT2D eigenvalue weighted by molar-refractivity contribution is 5.84. The van der Waals surface area contributed by atoms with E-state index in [1.807, 2.05) is 16.8 Å². The number of nitrogens with one attached hydrogen (secondary N) is 2. The van der Waals surface area contributed by atoms with Crippen LogP contribution in [0.3, 0.4) is 0 Å². The Bertz CT molecular complexity index is 591. The third-order valence-electron chi connectivity index (χ3n) is 4.83. The van der Waals surface area contributed by atoms with Gasteiger partial charge in [-0.3, -0.25) is 4.79 Å². The zero-order valence-electron chi connectivity index (χ0n) is 15.1. The molecule has 25 heavy (non-hydrogen) atoms. The first kappa shape index (κ1) is 17.9. The second-order valence-corrected chi connectivity index (χ2v) is 6.68. The Labute approximate surface area is 148 Å². The molecular weight excluding hydrogens is 320 g/mol. The molecule has 1 aromatic rings. The molecule has 1 saturated heterocycles. The van der Waals surface area contributed by atoms with Gasteiger partial charge in [0.2, 0.25) is 5.91 Å². The van der Waals surface area contributed by atoms with Gasteiger partial charge in [0.15, 0.2) is 0 Å². The number of anilines is 2. The van der Waals surface area contributed by atoms with Crippen molar-refractivity contribution in [2.24, 2.45) is 0 Å². The molecule has 138 valence electrons. The fraction of sp³-hybridized carbons (Fsp3) is 0.706. The summed E-state index contributed by atoms with van der Waals surface area (Å²) in [4.78, 5) is 25.6. The minimum Gasteiger partial charge on any atom is -0.385 e. The summed E-state index contributed by atoms with van der Waals surface area (Å²) in [5.41, 5.74) is 0.999. The predicted molar refractivity (Wildman–Crippen MR) is 96.7 cm³/mol. The van der Waals surface area contributed by atoms with Crippen LogP contribution in [0.15, 0.2) is 6.33 Å². The van der Waals surface area contributed by atoms with E-state index in [1.54, 1.807) is 13.4 Å². The Balaban J connectivity index is 1.82. The number of nitrogens with zero attached hydrogens (tertiary/aromatic N) is 4. The Morgan fingerprint density at radius 2 is 2.28 bits per heavy atom. The van der Waals surface area contributed by atoms with Gasteiger partial charge in [0.1, 0.15) is 18.0 Å². The number of carbonyl (C=O) groups excluding carboxylic acids is 1. The Morgan fingerprint density at radius 1 is 1.40 bits per heavy atom. The maximum absolute atomic E-state index is 12.8. The van der Waals surface area contributed by atoms with Crippen LogP contribution in [0.25, 0.3) is 0 Å². The SMILES string of the molecule is COCCCNc1ncnc2c1CN(C1CCCNC1)C(=O)CN2C. The summed E-state index contributed by atoms with van der Waals surface area (Å²) in [6.45, 7) is 4.28. The number of likely N-dealkylation sites (N-methyl/N-ethyl adjacent to an activating group) is 1. The minimum atomic E-state index is 0.152. The number of carbonyl (C=O) groups is 1. The highest BCUT2D eigenvalue weighted by atomic mass is 16.5. The number of ether oxygens (including phenoxy) is 1. The average molecular weight is 348 g/mol. The molecule has 0 saturated carbocycles. The van der Waals surface area contributed by atoms with Crippen molar-refractivity contribution in [2.75, 3.05) is 57.2 Å². The lowest BCUT2D eigenvalue weighted by Gasteiger charge is -2.34. The first-order valence-corrected chi connectivity index (χ1v) is 8.98. The first-order chi connectivity index (χ1) is 12.2. The molecule has 3 rings (SSSR count). The molecule has 8 heteroatoms. The molecule has 1 amide bonds. The number of piperidine rings is 1. The molecule has 2 N–H and O–H groups in total. The molecule has 0 aliphatic carbocycles. The van der Waals surface area contributed by atoms with Gasteiger partial charge in [-0.1, -0.05) is 0 Å². The van der Waals surface area contributed by atoms with Crippen LogP contribution in [0.1, 0.15) is 24.8 Å². The van der Waals surface area contributed by atoms with Crippen molar-refractivity contribution in [3.63, 3.8) is 0 Å². The molecule has 8 nitrogen and oxygen atoms in total. The van der Waals surface area contributed by atoms with Crippen molar-refractivity contribution in [3.8, 4) is 0 Å². The normalized spacial score (nSPS) is 21.0. The summed E-state index contributed by atoms with van der Waals surface area (Å²) in [6, 6.07) is 0.238. The van der Waals surface area contributed by atoms with E-state index in [4.69, 9.17) is 4.74 Å². The maximum atomic E-state index is 12.8. The summed E-state index contributed by atoms with van der Waals surface area (Å²) in [5.74, 6) is 1.81. The molecule has 1 aromatic heterocycles. The number of aromatic nitrogens is 2.